The predicted molar refractivity (Wildman–Crippen MR) is 223 cm³/mol. The average molecular weight is 873 g/mol. The first-order chi connectivity index (χ1) is 28.9. The monoisotopic (exact) mass is 872 g/mol. The zero-order valence-corrected chi connectivity index (χ0v) is 34.0. The van der Waals surface area contributed by atoms with Crippen LogP contribution in [-0.2, 0) is 54.3 Å². The SMILES string of the molecule is Cc1nc(-c2ccc(C(F)(F)F)cc2)sc1CCn1c(CC(=O)O)cc2cc(-c3ccc4cc(CC(=O)O)n(Cc5sc(-c6ccc(C(F)(F)F)cc6)nc5C)c4c3)ccc21. The molecule has 0 aliphatic rings. The molecule has 0 amide bonds. The summed E-state index contributed by atoms with van der Waals surface area (Å²) in [6, 6.07) is 25.1. The number of benzene rings is 4. The van der Waals surface area contributed by atoms with E-state index in [2.05, 4.69) is 9.97 Å². The number of aliphatic carboxylic acids is 2. The summed E-state index contributed by atoms with van der Waals surface area (Å²) in [7, 11) is 0. The molecule has 312 valence electrons. The summed E-state index contributed by atoms with van der Waals surface area (Å²) in [6.45, 7) is 4.37. The van der Waals surface area contributed by atoms with Gasteiger partial charge in [-0.25, -0.2) is 9.97 Å². The second kappa shape index (κ2) is 16.0. The number of alkyl halides is 6. The van der Waals surface area contributed by atoms with Crippen molar-refractivity contribution in [1.29, 1.82) is 0 Å². The van der Waals surface area contributed by atoms with E-state index in [9.17, 15) is 46.1 Å². The molecule has 4 aromatic heterocycles. The van der Waals surface area contributed by atoms with E-state index in [0.29, 0.717) is 51.2 Å². The predicted octanol–water partition coefficient (Wildman–Crippen LogP) is 11.7. The lowest BCUT2D eigenvalue weighted by molar-refractivity contribution is -0.138. The van der Waals surface area contributed by atoms with Crippen LogP contribution in [0.4, 0.5) is 26.3 Å². The lowest BCUT2D eigenvalue weighted by Crippen LogP contribution is -2.09. The smallest absolute Gasteiger partial charge is 0.416 e. The number of carboxylic acids is 2. The first-order valence-electron chi connectivity index (χ1n) is 18.9. The van der Waals surface area contributed by atoms with Crippen molar-refractivity contribution in [3.63, 3.8) is 0 Å². The molecule has 0 bridgehead atoms. The number of nitrogens with zero attached hydrogens (tertiary/aromatic N) is 4. The summed E-state index contributed by atoms with van der Waals surface area (Å²) in [6.07, 6.45) is -8.84. The molecule has 0 atom stereocenters. The number of halogens is 6. The van der Waals surface area contributed by atoms with Crippen LogP contribution in [0.15, 0.2) is 97.1 Å². The molecule has 4 heterocycles. The number of aryl methyl sites for hydroxylation is 4. The average Bonchev–Trinajstić information content (AvgIpc) is 3.95. The Hall–Kier alpha value is -6.26. The maximum absolute atomic E-state index is 13.2. The van der Waals surface area contributed by atoms with Crippen molar-refractivity contribution < 1.29 is 46.1 Å². The Morgan fingerprint density at radius 1 is 0.574 bits per heavy atom. The van der Waals surface area contributed by atoms with Gasteiger partial charge in [0.15, 0.2) is 0 Å². The molecule has 8 rings (SSSR count). The van der Waals surface area contributed by atoms with E-state index in [4.69, 9.17) is 0 Å². The van der Waals surface area contributed by atoms with E-state index in [1.165, 1.54) is 46.9 Å². The Morgan fingerprint density at radius 3 is 1.61 bits per heavy atom. The fraction of sp³-hybridized carbons (Fsp3) is 0.200. The van der Waals surface area contributed by atoms with Crippen molar-refractivity contribution in [2.75, 3.05) is 0 Å². The standard InChI is InChI=1S/C45H34F6N4O4S2/c1-24-38(60-42(52-24)26-5-10-32(11-6-26)44(46,47)48)15-16-54-34(21-40(56)57)19-31-17-28(9-14-36(31)54)29-3-4-30-18-35(22-41(58)59)55(37(30)20-29)23-39-25(2)53-43(61-39)27-7-12-33(13-8-27)45(49,50)51/h3-14,17-20H,15-16,21-23H2,1-2H3,(H,56,57)(H,58,59). The largest absolute Gasteiger partial charge is 0.481 e. The molecule has 0 aliphatic heterocycles. The van der Waals surface area contributed by atoms with Gasteiger partial charge >= 0.3 is 24.3 Å². The van der Waals surface area contributed by atoms with E-state index in [0.717, 1.165) is 72.6 Å². The van der Waals surface area contributed by atoms with Gasteiger partial charge in [-0.15, -0.1) is 22.7 Å². The number of hydrogen-bond acceptors (Lipinski definition) is 6. The highest BCUT2D eigenvalue weighted by Crippen LogP contribution is 2.37. The normalized spacial score (nSPS) is 12.2. The van der Waals surface area contributed by atoms with Gasteiger partial charge in [-0.05, 0) is 85.0 Å². The van der Waals surface area contributed by atoms with Crippen LogP contribution in [0.3, 0.4) is 0 Å². The van der Waals surface area contributed by atoms with Crippen LogP contribution in [0.2, 0.25) is 0 Å². The highest BCUT2D eigenvalue weighted by molar-refractivity contribution is 7.15. The quantitative estimate of drug-likeness (QED) is 0.118. The Kier molecular flexibility index (Phi) is 10.9. The third-order valence-electron chi connectivity index (χ3n) is 10.5. The zero-order valence-electron chi connectivity index (χ0n) is 32.4. The molecule has 0 aliphatic carbocycles. The summed E-state index contributed by atoms with van der Waals surface area (Å²) < 4.78 is 82.8. The van der Waals surface area contributed by atoms with Crippen LogP contribution >= 0.6 is 22.7 Å². The van der Waals surface area contributed by atoms with Crippen molar-refractivity contribution in [1.82, 2.24) is 19.1 Å². The van der Waals surface area contributed by atoms with Crippen molar-refractivity contribution in [2.45, 2.75) is 58.6 Å². The first-order valence-corrected chi connectivity index (χ1v) is 20.5. The van der Waals surface area contributed by atoms with Crippen LogP contribution in [-0.4, -0.2) is 41.3 Å². The third-order valence-corrected chi connectivity index (χ3v) is 13.0. The van der Waals surface area contributed by atoms with E-state index in [1.54, 1.807) is 0 Å². The second-order valence-corrected chi connectivity index (χ2v) is 16.8. The van der Waals surface area contributed by atoms with E-state index < -0.39 is 35.4 Å². The van der Waals surface area contributed by atoms with E-state index >= 15 is 0 Å². The molecule has 4 aromatic carbocycles. The van der Waals surface area contributed by atoms with Gasteiger partial charge in [-0.1, -0.05) is 42.5 Å². The molecule has 0 spiro atoms. The van der Waals surface area contributed by atoms with Crippen molar-refractivity contribution in [3.05, 3.63) is 141 Å². The maximum Gasteiger partial charge on any atom is 0.416 e. The molecule has 8 aromatic rings. The topological polar surface area (TPSA) is 110 Å². The summed E-state index contributed by atoms with van der Waals surface area (Å²) in [5.74, 6) is -2.00. The van der Waals surface area contributed by atoms with E-state index in [-0.39, 0.29) is 19.4 Å². The van der Waals surface area contributed by atoms with Crippen molar-refractivity contribution in [2.24, 2.45) is 0 Å². The molecule has 0 fully saturated rings. The number of thiazole rings is 2. The highest BCUT2D eigenvalue weighted by Gasteiger charge is 2.31. The van der Waals surface area contributed by atoms with Gasteiger partial charge in [0.2, 0.25) is 0 Å². The fourth-order valence-electron chi connectivity index (χ4n) is 7.49. The van der Waals surface area contributed by atoms with Gasteiger partial charge < -0.3 is 19.3 Å². The Balaban J connectivity index is 1.09. The second-order valence-electron chi connectivity index (χ2n) is 14.7. The summed E-state index contributed by atoms with van der Waals surface area (Å²) in [4.78, 5) is 35.0. The van der Waals surface area contributed by atoms with Crippen molar-refractivity contribution in [3.8, 4) is 32.3 Å². The van der Waals surface area contributed by atoms with Gasteiger partial charge in [0.05, 0.1) is 41.9 Å². The molecular formula is C45H34F6N4O4S2. The third kappa shape index (κ3) is 8.68. The van der Waals surface area contributed by atoms with Gasteiger partial charge in [0.25, 0.3) is 0 Å². The van der Waals surface area contributed by atoms with Crippen LogP contribution in [0, 0.1) is 13.8 Å². The van der Waals surface area contributed by atoms with Crippen LogP contribution < -0.4 is 0 Å². The number of carbonyl (C=O) groups is 2. The molecule has 0 saturated heterocycles. The minimum atomic E-state index is -4.46. The minimum absolute atomic E-state index is 0.216. The summed E-state index contributed by atoms with van der Waals surface area (Å²) in [5.41, 5.74) is 5.49. The Bertz CT molecular complexity index is 2960. The summed E-state index contributed by atoms with van der Waals surface area (Å²) >= 11 is 2.72. The van der Waals surface area contributed by atoms with E-state index in [1.807, 2.05) is 71.5 Å². The molecule has 61 heavy (non-hydrogen) atoms. The number of hydrogen-bond donors (Lipinski definition) is 2. The van der Waals surface area contributed by atoms with Crippen molar-refractivity contribution >= 4 is 56.4 Å². The lowest BCUT2D eigenvalue weighted by atomic mass is 10.0. The molecule has 2 N–H and O–H groups in total. The number of carboxylic acid groups (broad SMARTS) is 2. The Labute approximate surface area is 352 Å². The number of aromatic nitrogens is 4. The van der Waals surface area contributed by atoms with Gasteiger partial charge in [-0.3, -0.25) is 9.59 Å². The highest BCUT2D eigenvalue weighted by atomic mass is 32.1. The number of fused-ring (bicyclic) bond motifs is 2. The molecular weight excluding hydrogens is 839 g/mol. The van der Waals surface area contributed by atoms with Crippen LogP contribution in [0.1, 0.15) is 43.7 Å². The van der Waals surface area contributed by atoms with Gasteiger partial charge in [0, 0.05) is 61.7 Å². The maximum atomic E-state index is 13.2. The molecule has 0 unspecified atom stereocenters. The summed E-state index contributed by atoms with van der Waals surface area (Å²) in [5, 5.41) is 22.4. The Morgan fingerprint density at radius 2 is 1.05 bits per heavy atom. The first kappa shape index (κ1) is 41.5. The fourth-order valence-corrected chi connectivity index (χ4v) is 9.61. The van der Waals surface area contributed by atoms with Crippen LogP contribution in [0.25, 0.3) is 54.1 Å². The van der Waals surface area contributed by atoms with Gasteiger partial charge in [0.1, 0.15) is 10.0 Å². The molecule has 0 radical (unpaired) electrons. The minimum Gasteiger partial charge on any atom is -0.481 e. The molecule has 8 nitrogen and oxygen atoms in total. The number of rotatable bonds is 12. The lowest BCUT2D eigenvalue weighted by Gasteiger charge is -2.11. The molecule has 0 saturated carbocycles. The van der Waals surface area contributed by atoms with Crippen LogP contribution in [0.5, 0.6) is 0 Å². The zero-order chi connectivity index (χ0) is 43.4. The van der Waals surface area contributed by atoms with Gasteiger partial charge in [-0.2, -0.15) is 26.3 Å². The molecule has 16 heteroatoms.